The molecule has 0 amide bonds. The average molecular weight is 381 g/mol. The van der Waals surface area contributed by atoms with E-state index in [0.717, 1.165) is 43.8 Å². The number of halogens is 1. The van der Waals surface area contributed by atoms with Gasteiger partial charge in [-0.2, -0.15) is 0 Å². The van der Waals surface area contributed by atoms with Gasteiger partial charge in [0.25, 0.3) is 0 Å². The summed E-state index contributed by atoms with van der Waals surface area (Å²) < 4.78 is 21.2. The van der Waals surface area contributed by atoms with Gasteiger partial charge in [0.2, 0.25) is 0 Å². The fourth-order valence-electron chi connectivity index (χ4n) is 4.75. The summed E-state index contributed by atoms with van der Waals surface area (Å²) in [4.78, 5) is 7.02. The smallest absolute Gasteiger partial charge is 0.127 e. The summed E-state index contributed by atoms with van der Waals surface area (Å²) in [6.07, 6.45) is 4.81. The minimum Gasteiger partial charge on any atom is -0.488 e. The number of benzene rings is 1. The molecule has 0 unspecified atom stereocenters. The Kier molecular flexibility index (Phi) is 4.53. The number of likely N-dealkylation sites (tertiary alicyclic amines) is 1. The molecule has 0 spiro atoms. The number of rotatable bonds is 4. The second-order valence-corrected chi connectivity index (χ2v) is 8.03. The summed E-state index contributed by atoms with van der Waals surface area (Å²) >= 11 is 0. The second kappa shape index (κ2) is 7.18. The molecule has 5 nitrogen and oxygen atoms in total. The van der Waals surface area contributed by atoms with Gasteiger partial charge in [0.05, 0.1) is 24.4 Å². The van der Waals surface area contributed by atoms with Crippen molar-refractivity contribution in [1.82, 2.24) is 14.3 Å². The zero-order chi connectivity index (χ0) is 19.1. The van der Waals surface area contributed by atoms with Crippen molar-refractivity contribution in [3.63, 3.8) is 0 Å². The van der Waals surface area contributed by atoms with E-state index in [1.165, 1.54) is 12.1 Å². The Balaban J connectivity index is 1.25. The largest absolute Gasteiger partial charge is 0.488 e. The van der Waals surface area contributed by atoms with Gasteiger partial charge in [-0.15, -0.1) is 0 Å². The van der Waals surface area contributed by atoms with Crippen LogP contribution in [0.3, 0.4) is 0 Å². The van der Waals surface area contributed by atoms with Gasteiger partial charge in [-0.3, -0.25) is 4.90 Å². The van der Waals surface area contributed by atoms with Gasteiger partial charge in [0.15, 0.2) is 0 Å². The summed E-state index contributed by atoms with van der Waals surface area (Å²) in [5.41, 5.74) is 1.11. The van der Waals surface area contributed by atoms with Crippen LogP contribution < -0.4 is 4.74 Å². The Hall–Kier alpha value is -2.44. The number of hydrogen-bond donors (Lipinski definition) is 1. The molecular formula is C22H24FN3O2. The molecule has 1 saturated heterocycles. The molecule has 6 heteroatoms. The lowest BCUT2D eigenvalue weighted by Crippen LogP contribution is -2.42. The molecule has 3 aromatic rings. The maximum Gasteiger partial charge on any atom is 0.127 e. The number of hydrogen-bond acceptors (Lipinski definition) is 4. The van der Waals surface area contributed by atoms with Gasteiger partial charge in [-0.25, -0.2) is 9.37 Å². The van der Waals surface area contributed by atoms with Crippen molar-refractivity contribution in [1.29, 1.82) is 0 Å². The highest BCUT2D eigenvalue weighted by atomic mass is 19.1. The van der Waals surface area contributed by atoms with E-state index in [2.05, 4.69) is 26.5 Å². The fourth-order valence-corrected chi connectivity index (χ4v) is 4.75. The standard InChI is InChI=1S/C22H24FN3O2/c23-17-4-6-19(7-5-17)28-21-10-16-13-25(12-15(16)9-20(21)27)14-22-24-11-18-3-1-2-8-26(18)22/h1-8,11,15-16,20-21,27H,9-10,12-14H2/t15-,16+,20+,21+/m0/s1. The normalized spacial score (nSPS) is 27.8. The Morgan fingerprint density at radius 2 is 1.86 bits per heavy atom. The lowest BCUT2D eigenvalue weighted by Gasteiger charge is -2.35. The molecule has 2 fully saturated rings. The van der Waals surface area contributed by atoms with Gasteiger partial charge in [0, 0.05) is 19.3 Å². The molecule has 1 aliphatic carbocycles. The van der Waals surface area contributed by atoms with Crippen LogP contribution in [0.5, 0.6) is 5.75 Å². The van der Waals surface area contributed by atoms with Crippen molar-refractivity contribution < 1.29 is 14.2 Å². The first kappa shape index (κ1) is 17.6. The summed E-state index contributed by atoms with van der Waals surface area (Å²) in [7, 11) is 0. The van der Waals surface area contributed by atoms with E-state index >= 15 is 0 Å². The number of aliphatic hydroxyl groups is 1. The number of imidazole rings is 1. The predicted octanol–water partition coefficient (Wildman–Crippen LogP) is 3.12. The van der Waals surface area contributed by atoms with E-state index in [1.54, 1.807) is 12.1 Å². The van der Waals surface area contributed by atoms with Crippen LogP contribution in [0, 0.1) is 17.7 Å². The first-order valence-corrected chi connectivity index (χ1v) is 9.89. The molecule has 3 heterocycles. The number of nitrogens with zero attached hydrogens (tertiary/aromatic N) is 3. The maximum absolute atomic E-state index is 13.1. The topological polar surface area (TPSA) is 50.0 Å². The zero-order valence-corrected chi connectivity index (χ0v) is 15.6. The number of ether oxygens (including phenoxy) is 1. The summed E-state index contributed by atoms with van der Waals surface area (Å²) in [6, 6.07) is 12.1. The number of aliphatic hydroxyl groups excluding tert-OH is 1. The van der Waals surface area contributed by atoms with Crippen molar-refractivity contribution in [3.8, 4) is 5.75 Å². The molecule has 4 atom stereocenters. The number of pyridine rings is 1. The van der Waals surface area contributed by atoms with E-state index < -0.39 is 6.10 Å². The molecule has 2 aliphatic rings. The quantitative estimate of drug-likeness (QED) is 0.754. The Bertz CT molecular complexity index is 958. The van der Waals surface area contributed by atoms with Gasteiger partial charge in [-0.1, -0.05) is 6.07 Å². The lowest BCUT2D eigenvalue weighted by molar-refractivity contribution is -0.0231. The first-order chi connectivity index (χ1) is 13.7. The molecule has 0 bridgehead atoms. The molecule has 5 rings (SSSR count). The van der Waals surface area contributed by atoms with Gasteiger partial charge in [-0.05, 0) is 61.1 Å². The summed E-state index contributed by atoms with van der Waals surface area (Å²) in [5, 5.41) is 10.6. The third kappa shape index (κ3) is 3.38. The molecule has 1 N–H and O–H groups in total. The van der Waals surface area contributed by atoms with E-state index in [9.17, 15) is 9.50 Å². The molecule has 0 radical (unpaired) electrons. The van der Waals surface area contributed by atoms with Crippen LogP contribution in [0.2, 0.25) is 0 Å². The molecule has 1 aliphatic heterocycles. The molecular weight excluding hydrogens is 357 g/mol. The molecule has 146 valence electrons. The second-order valence-electron chi connectivity index (χ2n) is 8.03. The maximum atomic E-state index is 13.1. The van der Waals surface area contributed by atoms with E-state index in [0.29, 0.717) is 17.6 Å². The molecule has 2 aromatic heterocycles. The van der Waals surface area contributed by atoms with Crippen LogP contribution >= 0.6 is 0 Å². The lowest BCUT2D eigenvalue weighted by atomic mass is 9.78. The Morgan fingerprint density at radius 3 is 2.68 bits per heavy atom. The highest BCUT2D eigenvalue weighted by Crippen LogP contribution is 2.38. The predicted molar refractivity (Wildman–Crippen MR) is 104 cm³/mol. The fraction of sp³-hybridized carbons (Fsp3) is 0.409. The van der Waals surface area contributed by atoms with Crippen molar-refractivity contribution >= 4 is 5.52 Å². The van der Waals surface area contributed by atoms with Crippen LogP contribution in [0.4, 0.5) is 4.39 Å². The van der Waals surface area contributed by atoms with Crippen molar-refractivity contribution in [3.05, 3.63) is 66.5 Å². The summed E-state index contributed by atoms with van der Waals surface area (Å²) in [5.74, 6) is 2.36. The van der Waals surface area contributed by atoms with Gasteiger partial charge in [0.1, 0.15) is 23.5 Å². The van der Waals surface area contributed by atoms with Gasteiger partial charge >= 0.3 is 0 Å². The molecule has 28 heavy (non-hydrogen) atoms. The average Bonchev–Trinajstić information content (AvgIpc) is 3.28. The Labute approximate surface area is 163 Å². The van der Waals surface area contributed by atoms with Gasteiger partial charge < -0.3 is 14.2 Å². The Morgan fingerprint density at radius 1 is 1.07 bits per heavy atom. The minimum absolute atomic E-state index is 0.237. The van der Waals surface area contributed by atoms with Crippen LogP contribution in [-0.4, -0.2) is 44.7 Å². The van der Waals surface area contributed by atoms with Crippen LogP contribution in [-0.2, 0) is 6.54 Å². The highest BCUT2D eigenvalue weighted by Gasteiger charge is 2.42. The van der Waals surface area contributed by atoms with E-state index in [-0.39, 0.29) is 11.9 Å². The van der Waals surface area contributed by atoms with Crippen molar-refractivity contribution in [2.24, 2.45) is 11.8 Å². The van der Waals surface area contributed by atoms with Crippen LogP contribution in [0.1, 0.15) is 18.7 Å². The summed E-state index contributed by atoms with van der Waals surface area (Å²) in [6.45, 7) is 2.78. The monoisotopic (exact) mass is 381 g/mol. The van der Waals surface area contributed by atoms with E-state index in [1.807, 2.05) is 18.3 Å². The first-order valence-electron chi connectivity index (χ1n) is 9.89. The van der Waals surface area contributed by atoms with Crippen molar-refractivity contribution in [2.75, 3.05) is 13.1 Å². The molecule has 1 aromatic carbocycles. The number of aromatic nitrogens is 2. The highest BCUT2D eigenvalue weighted by molar-refractivity contribution is 5.45. The third-order valence-corrected chi connectivity index (χ3v) is 6.14. The molecule has 1 saturated carbocycles. The SMILES string of the molecule is O[C@@H]1C[C@H]2CN(Cc3ncc4ccccn34)C[C@H]2C[C@H]1Oc1ccc(F)cc1. The minimum atomic E-state index is -0.487. The van der Waals surface area contributed by atoms with Crippen molar-refractivity contribution in [2.45, 2.75) is 31.6 Å². The van der Waals surface area contributed by atoms with Crippen LogP contribution in [0.25, 0.3) is 5.52 Å². The number of fused-ring (bicyclic) bond motifs is 2. The zero-order valence-electron chi connectivity index (χ0n) is 15.6. The van der Waals surface area contributed by atoms with E-state index in [4.69, 9.17) is 4.74 Å². The van der Waals surface area contributed by atoms with Crippen LogP contribution in [0.15, 0.2) is 54.9 Å². The third-order valence-electron chi connectivity index (χ3n) is 6.14.